The molecular weight excluding hydrogens is 500 g/mol. The van der Waals surface area contributed by atoms with Crippen molar-refractivity contribution in [2.75, 3.05) is 6.61 Å². The largest absolute Gasteiger partial charge is 0.494 e. The summed E-state index contributed by atoms with van der Waals surface area (Å²) in [7, 11) is -0.458. The second-order valence-electron chi connectivity index (χ2n) is 10.9. The first-order chi connectivity index (χ1) is 18.7. The minimum absolute atomic E-state index is 0.152. The Balaban J connectivity index is 1.15. The summed E-state index contributed by atoms with van der Waals surface area (Å²) in [6.45, 7) is 9.45. The fourth-order valence-corrected chi connectivity index (χ4v) is 4.30. The molecule has 2 aliphatic heterocycles. The van der Waals surface area contributed by atoms with Crippen LogP contribution in [0.5, 0.6) is 17.2 Å². The first-order valence-corrected chi connectivity index (χ1v) is 13.4. The smallest absolute Gasteiger partial charge is 0.489 e. The van der Waals surface area contributed by atoms with Gasteiger partial charge in [-0.25, -0.2) is 4.39 Å². The van der Waals surface area contributed by atoms with E-state index in [9.17, 15) is 4.39 Å². The topological polar surface area (TPSA) is 68.3 Å². The molecule has 2 aliphatic rings. The van der Waals surface area contributed by atoms with Crippen molar-refractivity contribution in [3.63, 3.8) is 0 Å². The number of benzene rings is 2. The van der Waals surface area contributed by atoms with Crippen LogP contribution in [0.3, 0.4) is 0 Å². The van der Waals surface area contributed by atoms with Crippen LogP contribution in [0.25, 0.3) is 0 Å². The predicted octanol–water partition coefficient (Wildman–Crippen LogP) is 5.93. The predicted molar refractivity (Wildman–Crippen MR) is 146 cm³/mol. The van der Waals surface area contributed by atoms with Crippen LogP contribution in [0.1, 0.15) is 58.2 Å². The summed E-state index contributed by atoms with van der Waals surface area (Å²) in [4.78, 5) is 4.44. The average molecular weight is 535 g/mol. The Labute approximate surface area is 229 Å². The molecule has 3 aromatic rings. The van der Waals surface area contributed by atoms with Gasteiger partial charge in [0.05, 0.1) is 23.5 Å². The zero-order chi connectivity index (χ0) is 27.5. The molecule has 2 fully saturated rings. The molecule has 9 heteroatoms. The number of pyridine rings is 1. The van der Waals surface area contributed by atoms with Crippen molar-refractivity contribution in [2.45, 2.75) is 77.7 Å². The van der Waals surface area contributed by atoms with E-state index in [0.717, 1.165) is 42.6 Å². The Hall–Kier alpha value is -2.98. The molecule has 0 spiro atoms. The van der Waals surface area contributed by atoms with Gasteiger partial charge in [0.25, 0.3) is 0 Å². The number of nitrogens with zero attached hydrogens (tertiary/aromatic N) is 1. The molecule has 0 radical (unpaired) electrons. The van der Waals surface area contributed by atoms with E-state index in [4.69, 9.17) is 28.3 Å². The zero-order valence-corrected chi connectivity index (χ0v) is 22.9. The molecular formula is C30H35BFNO6. The summed E-state index contributed by atoms with van der Waals surface area (Å²) in [5.74, 6) is 0.809. The first-order valence-electron chi connectivity index (χ1n) is 13.4. The maximum absolute atomic E-state index is 14.3. The molecule has 0 N–H and O–H groups in total. The lowest BCUT2D eigenvalue weighted by molar-refractivity contribution is -0.169. The maximum Gasteiger partial charge on any atom is 0.494 e. The standard InChI is InChI=1S/C30H35BFNO6/c1-29(2)30(3,4)39-31(38-29)22-9-12-25(13-10-22)37-27-16-23(32)15-26(17-27)35-19-21-8-11-24(33-18-21)20-36-28-7-5-6-14-34-28/h8-13,15-18,28H,5-7,14,19-20H2,1-4H3. The molecule has 39 heavy (non-hydrogen) atoms. The summed E-state index contributed by atoms with van der Waals surface area (Å²) >= 11 is 0. The Morgan fingerprint density at radius 2 is 1.64 bits per heavy atom. The van der Waals surface area contributed by atoms with Gasteiger partial charge >= 0.3 is 7.12 Å². The molecule has 0 bridgehead atoms. The summed E-state index contributed by atoms with van der Waals surface area (Å²) in [6.07, 6.45) is 4.70. The monoisotopic (exact) mass is 535 g/mol. The highest BCUT2D eigenvalue weighted by molar-refractivity contribution is 6.62. The molecule has 0 saturated carbocycles. The third kappa shape index (κ3) is 6.97. The van der Waals surface area contributed by atoms with E-state index in [1.165, 1.54) is 12.1 Å². The van der Waals surface area contributed by atoms with Crippen molar-refractivity contribution in [1.29, 1.82) is 0 Å². The highest BCUT2D eigenvalue weighted by atomic mass is 19.1. The van der Waals surface area contributed by atoms with Crippen LogP contribution >= 0.6 is 0 Å². The molecule has 7 nitrogen and oxygen atoms in total. The van der Waals surface area contributed by atoms with E-state index in [-0.39, 0.29) is 12.9 Å². The molecule has 1 aromatic heterocycles. The van der Waals surface area contributed by atoms with Gasteiger partial charge in [-0.2, -0.15) is 0 Å². The van der Waals surface area contributed by atoms with E-state index < -0.39 is 24.1 Å². The van der Waals surface area contributed by atoms with Crippen LogP contribution in [0.4, 0.5) is 4.39 Å². The molecule has 5 rings (SSSR count). The Morgan fingerprint density at radius 1 is 0.897 bits per heavy atom. The van der Waals surface area contributed by atoms with Gasteiger partial charge in [0.1, 0.15) is 29.7 Å². The highest BCUT2D eigenvalue weighted by Crippen LogP contribution is 2.36. The van der Waals surface area contributed by atoms with Gasteiger partial charge in [-0.15, -0.1) is 0 Å². The zero-order valence-electron chi connectivity index (χ0n) is 22.9. The SMILES string of the molecule is CC1(C)OB(c2ccc(Oc3cc(F)cc(OCc4ccc(COC5CCCCO5)nc4)c3)cc2)OC1(C)C. The third-order valence-corrected chi connectivity index (χ3v) is 7.33. The van der Waals surface area contributed by atoms with Gasteiger partial charge in [-0.3, -0.25) is 4.98 Å². The Bertz CT molecular complexity index is 1230. The van der Waals surface area contributed by atoms with Gasteiger partial charge in [0.15, 0.2) is 6.29 Å². The molecule has 206 valence electrons. The van der Waals surface area contributed by atoms with Crippen LogP contribution in [0.2, 0.25) is 0 Å². The van der Waals surface area contributed by atoms with Gasteiger partial charge in [-0.05, 0) is 70.6 Å². The van der Waals surface area contributed by atoms with E-state index in [2.05, 4.69) is 4.98 Å². The minimum Gasteiger partial charge on any atom is -0.489 e. The Morgan fingerprint density at radius 3 is 2.31 bits per heavy atom. The number of ether oxygens (including phenoxy) is 4. The summed E-state index contributed by atoms with van der Waals surface area (Å²) in [5.41, 5.74) is 1.73. The second kappa shape index (κ2) is 11.6. The normalized spacial score (nSPS) is 20.1. The molecule has 2 saturated heterocycles. The minimum atomic E-state index is -0.458. The van der Waals surface area contributed by atoms with Crippen molar-refractivity contribution in [3.8, 4) is 17.2 Å². The molecule has 3 heterocycles. The van der Waals surface area contributed by atoms with E-state index >= 15 is 0 Å². The lowest BCUT2D eigenvalue weighted by Gasteiger charge is -2.32. The van der Waals surface area contributed by atoms with Crippen molar-refractivity contribution in [3.05, 3.63) is 77.9 Å². The Kier molecular flexibility index (Phi) is 8.23. The summed E-state index contributed by atoms with van der Waals surface area (Å²) in [5, 5.41) is 0. The molecule has 0 amide bonds. The average Bonchev–Trinajstić information content (AvgIpc) is 3.14. The van der Waals surface area contributed by atoms with Crippen LogP contribution in [-0.2, 0) is 32.0 Å². The van der Waals surface area contributed by atoms with E-state index in [0.29, 0.717) is 23.9 Å². The van der Waals surface area contributed by atoms with Crippen molar-refractivity contribution in [2.24, 2.45) is 0 Å². The van der Waals surface area contributed by atoms with E-state index in [1.807, 2.05) is 64.1 Å². The molecule has 1 unspecified atom stereocenters. The number of hydrogen-bond acceptors (Lipinski definition) is 7. The van der Waals surface area contributed by atoms with Crippen molar-refractivity contribution >= 4 is 12.6 Å². The van der Waals surface area contributed by atoms with Gasteiger partial charge in [-0.1, -0.05) is 18.2 Å². The fourth-order valence-electron chi connectivity index (χ4n) is 4.30. The number of halogens is 1. The van der Waals surface area contributed by atoms with Crippen molar-refractivity contribution < 1.29 is 32.6 Å². The van der Waals surface area contributed by atoms with Crippen LogP contribution in [0, 0.1) is 5.82 Å². The first kappa shape index (κ1) is 27.6. The summed E-state index contributed by atoms with van der Waals surface area (Å²) in [6, 6.07) is 15.5. The lowest BCUT2D eigenvalue weighted by atomic mass is 9.79. The van der Waals surface area contributed by atoms with Crippen LogP contribution in [0.15, 0.2) is 60.8 Å². The number of aromatic nitrogens is 1. The molecule has 1 atom stereocenters. The lowest BCUT2D eigenvalue weighted by Crippen LogP contribution is -2.41. The van der Waals surface area contributed by atoms with E-state index in [1.54, 1.807) is 12.3 Å². The summed E-state index contributed by atoms with van der Waals surface area (Å²) < 4.78 is 49.6. The van der Waals surface area contributed by atoms with Gasteiger partial charge < -0.3 is 28.3 Å². The molecule has 0 aliphatic carbocycles. The number of rotatable bonds is 9. The van der Waals surface area contributed by atoms with Crippen LogP contribution < -0.4 is 14.9 Å². The molecule has 2 aromatic carbocycles. The quantitative estimate of drug-likeness (QED) is 0.315. The second-order valence-corrected chi connectivity index (χ2v) is 10.9. The van der Waals surface area contributed by atoms with Gasteiger partial charge in [0, 0.05) is 36.6 Å². The fraction of sp³-hybridized carbons (Fsp3) is 0.433. The maximum atomic E-state index is 14.3. The van der Waals surface area contributed by atoms with Crippen molar-refractivity contribution in [1.82, 2.24) is 4.98 Å². The van der Waals surface area contributed by atoms with Gasteiger partial charge in [0.2, 0.25) is 0 Å². The third-order valence-electron chi connectivity index (χ3n) is 7.33. The number of hydrogen-bond donors (Lipinski definition) is 0. The van der Waals surface area contributed by atoms with Crippen LogP contribution in [-0.4, -0.2) is 36.2 Å². The highest BCUT2D eigenvalue weighted by Gasteiger charge is 2.51.